The number of amides is 2. The topological polar surface area (TPSA) is 61.4 Å². The van der Waals surface area contributed by atoms with Crippen LogP contribution in [0.1, 0.15) is 49.7 Å². The van der Waals surface area contributed by atoms with Gasteiger partial charge in [-0.15, -0.1) is 0 Å². The molecule has 1 heterocycles. The highest BCUT2D eigenvalue weighted by Gasteiger charge is 2.27. The minimum Gasteiger partial charge on any atom is -0.348 e. The smallest absolute Gasteiger partial charge is 0.313 e. The summed E-state index contributed by atoms with van der Waals surface area (Å²) in [6.45, 7) is 6.73. The number of aryl methyl sites for hydroxylation is 2. The van der Waals surface area contributed by atoms with Gasteiger partial charge in [-0.2, -0.15) is 0 Å². The van der Waals surface area contributed by atoms with Crippen molar-refractivity contribution in [1.29, 1.82) is 0 Å². The normalized spacial score (nSPS) is 19.5. The number of hydrogen-bond donors (Lipinski definition) is 2. The van der Waals surface area contributed by atoms with Crippen LogP contribution >= 0.6 is 0 Å². The highest BCUT2D eigenvalue weighted by molar-refractivity contribution is 6.39. The van der Waals surface area contributed by atoms with Gasteiger partial charge < -0.3 is 15.5 Å². The summed E-state index contributed by atoms with van der Waals surface area (Å²) in [6, 6.07) is 6.61. The fraction of sp³-hybridized carbons (Fsp3) is 0.619. The molecule has 26 heavy (non-hydrogen) atoms. The largest absolute Gasteiger partial charge is 0.348 e. The van der Waals surface area contributed by atoms with Crippen LogP contribution in [0.25, 0.3) is 0 Å². The second kappa shape index (κ2) is 8.67. The molecule has 0 atom stereocenters. The van der Waals surface area contributed by atoms with Gasteiger partial charge in [-0.05, 0) is 75.7 Å². The number of nitrogens with zero attached hydrogens (tertiary/aromatic N) is 1. The lowest BCUT2D eigenvalue weighted by Gasteiger charge is -2.36. The van der Waals surface area contributed by atoms with Crippen LogP contribution in [-0.2, 0) is 9.59 Å². The number of likely N-dealkylation sites (tertiary alicyclic amines) is 1. The third-order valence-corrected chi connectivity index (χ3v) is 5.89. The molecule has 0 radical (unpaired) electrons. The predicted octanol–water partition coefficient (Wildman–Crippen LogP) is 3.01. The zero-order chi connectivity index (χ0) is 18.5. The van der Waals surface area contributed by atoms with Crippen molar-refractivity contribution in [2.75, 3.05) is 25.0 Å². The number of hydrogen-bond acceptors (Lipinski definition) is 3. The number of nitrogens with one attached hydrogen (secondary N) is 2. The van der Waals surface area contributed by atoms with Crippen LogP contribution in [0.5, 0.6) is 0 Å². The number of carbonyl (C=O) groups excluding carboxylic acids is 2. The van der Waals surface area contributed by atoms with Gasteiger partial charge in [0.15, 0.2) is 0 Å². The van der Waals surface area contributed by atoms with E-state index in [4.69, 9.17) is 0 Å². The first kappa shape index (κ1) is 18.9. The van der Waals surface area contributed by atoms with Gasteiger partial charge >= 0.3 is 11.8 Å². The van der Waals surface area contributed by atoms with Crippen molar-refractivity contribution in [2.24, 2.45) is 5.92 Å². The van der Waals surface area contributed by atoms with Gasteiger partial charge in [-0.25, -0.2) is 0 Å². The van der Waals surface area contributed by atoms with Gasteiger partial charge in [0.05, 0.1) is 0 Å². The summed E-state index contributed by atoms with van der Waals surface area (Å²) in [4.78, 5) is 26.9. The van der Waals surface area contributed by atoms with Crippen molar-refractivity contribution >= 4 is 17.5 Å². The molecule has 0 spiro atoms. The Bertz CT molecular complexity index is 645. The van der Waals surface area contributed by atoms with Crippen LogP contribution in [-0.4, -0.2) is 42.4 Å². The first-order valence-corrected chi connectivity index (χ1v) is 9.93. The molecule has 0 bridgehead atoms. The lowest BCUT2D eigenvalue weighted by molar-refractivity contribution is -0.136. The molecule has 1 aliphatic carbocycles. The Hall–Kier alpha value is -1.88. The van der Waals surface area contributed by atoms with Gasteiger partial charge in [0.25, 0.3) is 0 Å². The summed E-state index contributed by atoms with van der Waals surface area (Å²) < 4.78 is 0. The van der Waals surface area contributed by atoms with E-state index in [2.05, 4.69) is 15.5 Å². The molecule has 142 valence electrons. The van der Waals surface area contributed by atoms with Crippen molar-refractivity contribution in [3.63, 3.8) is 0 Å². The van der Waals surface area contributed by atoms with E-state index < -0.39 is 11.8 Å². The minimum atomic E-state index is -0.581. The first-order valence-electron chi connectivity index (χ1n) is 9.93. The van der Waals surface area contributed by atoms with E-state index in [1.807, 2.05) is 32.0 Å². The molecule has 1 aromatic carbocycles. The van der Waals surface area contributed by atoms with Crippen molar-refractivity contribution in [2.45, 2.75) is 58.4 Å². The van der Waals surface area contributed by atoms with Crippen LogP contribution in [0.2, 0.25) is 0 Å². The second-order valence-electron chi connectivity index (χ2n) is 7.90. The van der Waals surface area contributed by atoms with Gasteiger partial charge in [0.1, 0.15) is 0 Å². The molecule has 2 amide bonds. The van der Waals surface area contributed by atoms with Crippen LogP contribution in [0.3, 0.4) is 0 Å². The van der Waals surface area contributed by atoms with Gasteiger partial charge in [0.2, 0.25) is 0 Å². The fourth-order valence-corrected chi connectivity index (χ4v) is 4.16. The van der Waals surface area contributed by atoms with Crippen LogP contribution in [0, 0.1) is 19.8 Å². The molecule has 1 saturated heterocycles. The Kier molecular flexibility index (Phi) is 6.30. The highest BCUT2D eigenvalue weighted by atomic mass is 16.2. The molecule has 1 aromatic rings. The van der Waals surface area contributed by atoms with Gasteiger partial charge in [-0.3, -0.25) is 9.59 Å². The van der Waals surface area contributed by atoms with E-state index in [0.29, 0.717) is 18.2 Å². The van der Waals surface area contributed by atoms with E-state index >= 15 is 0 Å². The molecule has 5 heteroatoms. The quantitative estimate of drug-likeness (QED) is 0.815. The standard InChI is InChI=1S/C21H31N3O2/c1-15-7-8-16(2)19(13-15)23-21(26)20(25)22-14-17-9-11-24(12-10-17)18-5-3-4-6-18/h7-8,13,17-18H,3-6,9-12,14H2,1-2H3,(H,22,25)(H,23,26). The summed E-state index contributed by atoms with van der Waals surface area (Å²) in [5.74, 6) is -0.642. The van der Waals surface area contributed by atoms with E-state index in [9.17, 15) is 9.59 Å². The maximum absolute atomic E-state index is 12.1. The molecule has 3 rings (SSSR count). The summed E-state index contributed by atoms with van der Waals surface area (Å²) >= 11 is 0. The molecule has 5 nitrogen and oxygen atoms in total. The maximum Gasteiger partial charge on any atom is 0.313 e. The monoisotopic (exact) mass is 357 g/mol. The predicted molar refractivity (Wildman–Crippen MR) is 104 cm³/mol. The van der Waals surface area contributed by atoms with Crippen molar-refractivity contribution in [3.05, 3.63) is 29.3 Å². The van der Waals surface area contributed by atoms with Crippen molar-refractivity contribution in [1.82, 2.24) is 10.2 Å². The Balaban J connectivity index is 1.41. The lowest BCUT2D eigenvalue weighted by Crippen LogP contribution is -2.44. The van der Waals surface area contributed by atoms with Crippen molar-refractivity contribution in [3.8, 4) is 0 Å². The van der Waals surface area contributed by atoms with Gasteiger partial charge in [-0.1, -0.05) is 25.0 Å². The number of piperidine rings is 1. The zero-order valence-corrected chi connectivity index (χ0v) is 16.0. The average Bonchev–Trinajstić information content (AvgIpc) is 3.18. The Morgan fingerprint density at radius 2 is 1.73 bits per heavy atom. The first-order chi connectivity index (χ1) is 12.5. The Labute approximate surface area is 156 Å². The SMILES string of the molecule is Cc1ccc(C)c(NC(=O)C(=O)NCC2CCN(C3CCCC3)CC2)c1. The van der Waals surface area contributed by atoms with E-state index in [-0.39, 0.29) is 0 Å². The van der Waals surface area contributed by atoms with Crippen molar-refractivity contribution < 1.29 is 9.59 Å². The summed E-state index contributed by atoms with van der Waals surface area (Å²) in [5.41, 5.74) is 2.71. The van der Waals surface area contributed by atoms with Crippen LogP contribution < -0.4 is 10.6 Å². The number of rotatable bonds is 4. The number of carbonyl (C=O) groups is 2. The third kappa shape index (κ3) is 4.85. The molecule has 1 aliphatic heterocycles. The molecule has 0 aromatic heterocycles. The second-order valence-corrected chi connectivity index (χ2v) is 7.90. The molecule has 0 unspecified atom stereocenters. The number of benzene rings is 1. The van der Waals surface area contributed by atoms with E-state index in [1.165, 1.54) is 25.7 Å². The average molecular weight is 357 g/mol. The Morgan fingerprint density at radius 3 is 2.42 bits per heavy atom. The summed E-state index contributed by atoms with van der Waals surface area (Å²) in [6.07, 6.45) is 7.65. The molecule has 2 aliphatic rings. The molecule has 2 fully saturated rings. The Morgan fingerprint density at radius 1 is 1.04 bits per heavy atom. The molecular formula is C21H31N3O2. The lowest BCUT2D eigenvalue weighted by atomic mass is 9.95. The zero-order valence-electron chi connectivity index (χ0n) is 16.0. The van der Waals surface area contributed by atoms with E-state index in [0.717, 1.165) is 43.1 Å². The van der Waals surface area contributed by atoms with E-state index in [1.54, 1.807) is 0 Å². The van der Waals surface area contributed by atoms with Gasteiger partial charge in [0, 0.05) is 18.3 Å². The van der Waals surface area contributed by atoms with Crippen LogP contribution in [0.4, 0.5) is 5.69 Å². The van der Waals surface area contributed by atoms with Crippen LogP contribution in [0.15, 0.2) is 18.2 Å². The molecule has 1 saturated carbocycles. The number of anilines is 1. The molecule has 2 N–H and O–H groups in total. The third-order valence-electron chi connectivity index (χ3n) is 5.89. The summed E-state index contributed by atoms with van der Waals surface area (Å²) in [5, 5.41) is 5.54. The highest BCUT2D eigenvalue weighted by Crippen LogP contribution is 2.27. The molecular weight excluding hydrogens is 326 g/mol. The fourth-order valence-electron chi connectivity index (χ4n) is 4.16. The maximum atomic E-state index is 12.1. The minimum absolute atomic E-state index is 0.477. The summed E-state index contributed by atoms with van der Waals surface area (Å²) in [7, 11) is 0.